The summed E-state index contributed by atoms with van der Waals surface area (Å²) in [5.41, 5.74) is 1.88. The summed E-state index contributed by atoms with van der Waals surface area (Å²) >= 11 is 0. The molecule has 0 radical (unpaired) electrons. The van der Waals surface area contributed by atoms with Gasteiger partial charge >= 0.3 is 0 Å². The van der Waals surface area contributed by atoms with Crippen molar-refractivity contribution >= 4 is 10.0 Å². The molecule has 3 aromatic rings. The van der Waals surface area contributed by atoms with Crippen LogP contribution < -0.4 is 0 Å². The number of hydrogen-bond acceptors (Lipinski definition) is 3. The Kier molecular flexibility index (Phi) is 4.78. The fraction of sp³-hybridized carbons (Fsp3) is 0.167. The van der Waals surface area contributed by atoms with Gasteiger partial charge in [-0.1, -0.05) is 60.7 Å². The molecule has 0 bridgehead atoms. The van der Waals surface area contributed by atoms with E-state index in [1.165, 1.54) is 16.8 Å². The minimum absolute atomic E-state index is 0.0665. The molecule has 5 nitrogen and oxygen atoms in total. The molecule has 0 spiro atoms. The second kappa shape index (κ2) is 6.98. The summed E-state index contributed by atoms with van der Waals surface area (Å²) in [6, 6.07) is 19.1. The van der Waals surface area contributed by atoms with Crippen LogP contribution in [0.25, 0.3) is 0 Å². The Morgan fingerprint density at radius 3 is 1.83 bits per heavy atom. The second-order valence-electron chi connectivity index (χ2n) is 5.62. The van der Waals surface area contributed by atoms with Crippen LogP contribution in [0.5, 0.6) is 0 Å². The van der Waals surface area contributed by atoms with Gasteiger partial charge in [0.15, 0.2) is 5.03 Å². The molecule has 3 rings (SSSR count). The Hall–Kier alpha value is -2.44. The van der Waals surface area contributed by atoms with E-state index < -0.39 is 10.0 Å². The maximum Gasteiger partial charge on any atom is 0.262 e. The average molecular weight is 341 g/mol. The number of aryl methyl sites for hydroxylation is 1. The topological polar surface area (TPSA) is 55.2 Å². The molecule has 0 amide bonds. The highest BCUT2D eigenvalue weighted by Gasteiger charge is 2.27. The van der Waals surface area contributed by atoms with E-state index in [0.29, 0.717) is 13.1 Å². The summed E-state index contributed by atoms with van der Waals surface area (Å²) < 4.78 is 29.1. The zero-order valence-corrected chi connectivity index (χ0v) is 14.2. The predicted molar refractivity (Wildman–Crippen MR) is 92.5 cm³/mol. The lowest BCUT2D eigenvalue weighted by Crippen LogP contribution is -2.30. The fourth-order valence-corrected chi connectivity index (χ4v) is 3.84. The smallest absolute Gasteiger partial charge is 0.262 e. The number of benzene rings is 2. The van der Waals surface area contributed by atoms with E-state index in [4.69, 9.17) is 0 Å². The van der Waals surface area contributed by atoms with E-state index in [2.05, 4.69) is 4.98 Å². The summed E-state index contributed by atoms with van der Waals surface area (Å²) in [6.45, 7) is 0.600. The van der Waals surface area contributed by atoms with Crippen LogP contribution in [0, 0.1) is 0 Å². The van der Waals surface area contributed by atoms with Gasteiger partial charge in [0.05, 0.1) is 6.33 Å². The molecule has 6 heteroatoms. The molecule has 0 N–H and O–H groups in total. The summed E-state index contributed by atoms with van der Waals surface area (Å²) in [7, 11) is -1.92. The largest absolute Gasteiger partial charge is 0.339 e. The third-order valence-electron chi connectivity index (χ3n) is 3.69. The molecule has 0 aliphatic rings. The molecule has 2 aromatic carbocycles. The highest BCUT2D eigenvalue weighted by Crippen LogP contribution is 2.19. The molecule has 24 heavy (non-hydrogen) atoms. The van der Waals surface area contributed by atoms with Gasteiger partial charge in [-0.2, -0.15) is 4.31 Å². The summed E-state index contributed by atoms with van der Waals surface area (Å²) in [5.74, 6) is 0. The van der Waals surface area contributed by atoms with Gasteiger partial charge in [0, 0.05) is 26.3 Å². The van der Waals surface area contributed by atoms with Crippen molar-refractivity contribution in [2.24, 2.45) is 7.05 Å². The van der Waals surface area contributed by atoms with Crippen molar-refractivity contribution in [3.63, 3.8) is 0 Å². The fourth-order valence-electron chi connectivity index (χ4n) is 2.45. The van der Waals surface area contributed by atoms with E-state index in [-0.39, 0.29) is 5.03 Å². The van der Waals surface area contributed by atoms with Crippen LogP contribution in [0.2, 0.25) is 0 Å². The van der Waals surface area contributed by atoms with Crippen molar-refractivity contribution in [1.82, 2.24) is 13.9 Å². The van der Waals surface area contributed by atoms with Crippen molar-refractivity contribution in [3.05, 3.63) is 84.3 Å². The lowest BCUT2D eigenvalue weighted by molar-refractivity contribution is 0.399. The molecule has 0 atom stereocenters. The molecule has 0 aliphatic carbocycles. The Balaban J connectivity index is 1.94. The third-order valence-corrected chi connectivity index (χ3v) is 5.37. The molecule has 1 aromatic heterocycles. The van der Waals surface area contributed by atoms with Gasteiger partial charge in [-0.25, -0.2) is 13.4 Å². The highest BCUT2D eigenvalue weighted by molar-refractivity contribution is 7.89. The van der Waals surface area contributed by atoms with Crippen LogP contribution in [0.3, 0.4) is 0 Å². The van der Waals surface area contributed by atoms with Crippen LogP contribution in [-0.2, 0) is 30.2 Å². The number of rotatable bonds is 6. The Labute approximate surface area is 142 Å². The van der Waals surface area contributed by atoms with Gasteiger partial charge in [0.25, 0.3) is 10.0 Å². The quantitative estimate of drug-likeness (QED) is 0.693. The first-order chi connectivity index (χ1) is 11.6. The molecule has 0 fully saturated rings. The summed E-state index contributed by atoms with van der Waals surface area (Å²) in [5, 5.41) is 0.0665. The number of hydrogen-bond donors (Lipinski definition) is 0. The molecule has 0 saturated heterocycles. The number of aromatic nitrogens is 2. The number of imidazole rings is 1. The van der Waals surface area contributed by atoms with Gasteiger partial charge in [-0.3, -0.25) is 0 Å². The minimum Gasteiger partial charge on any atom is -0.339 e. The van der Waals surface area contributed by atoms with Crippen LogP contribution in [0.1, 0.15) is 11.1 Å². The normalized spacial score (nSPS) is 11.8. The molecule has 124 valence electrons. The van der Waals surface area contributed by atoms with E-state index in [9.17, 15) is 8.42 Å². The SMILES string of the molecule is Cn1cnc(S(=O)(=O)N(Cc2ccccc2)Cc2ccccc2)c1. The number of sulfonamides is 1. The van der Waals surface area contributed by atoms with Crippen LogP contribution in [-0.4, -0.2) is 22.3 Å². The predicted octanol–water partition coefficient (Wildman–Crippen LogP) is 2.81. The van der Waals surface area contributed by atoms with E-state index in [1.807, 2.05) is 60.7 Å². The average Bonchev–Trinajstić information content (AvgIpc) is 3.03. The lowest BCUT2D eigenvalue weighted by Gasteiger charge is -2.21. The Morgan fingerprint density at radius 2 is 1.42 bits per heavy atom. The first kappa shape index (κ1) is 16.4. The molecular formula is C18H19N3O2S. The van der Waals surface area contributed by atoms with Crippen molar-refractivity contribution in [2.45, 2.75) is 18.1 Å². The zero-order chi connectivity index (χ0) is 17.0. The van der Waals surface area contributed by atoms with Crippen LogP contribution >= 0.6 is 0 Å². The van der Waals surface area contributed by atoms with Crippen LogP contribution in [0.4, 0.5) is 0 Å². The standard InChI is InChI=1S/C18H19N3O2S/c1-20-14-18(19-15-20)24(22,23)21(12-16-8-4-2-5-9-16)13-17-10-6-3-7-11-17/h2-11,14-15H,12-13H2,1H3. The van der Waals surface area contributed by atoms with Crippen LogP contribution in [0.15, 0.2) is 78.2 Å². The maximum absolute atomic E-state index is 13.0. The van der Waals surface area contributed by atoms with Gasteiger partial charge < -0.3 is 4.57 Å². The second-order valence-corrected chi connectivity index (χ2v) is 7.51. The van der Waals surface area contributed by atoms with E-state index in [0.717, 1.165) is 11.1 Å². The Bertz CT molecular complexity index is 849. The molecule has 0 aliphatic heterocycles. The first-order valence-corrected chi connectivity index (χ1v) is 9.06. The molecule has 0 unspecified atom stereocenters. The molecular weight excluding hydrogens is 322 g/mol. The van der Waals surface area contributed by atoms with Crippen molar-refractivity contribution in [2.75, 3.05) is 0 Å². The summed E-state index contributed by atoms with van der Waals surface area (Å²) in [4.78, 5) is 4.02. The minimum atomic E-state index is -3.68. The van der Waals surface area contributed by atoms with Gasteiger partial charge in [-0.15, -0.1) is 0 Å². The maximum atomic E-state index is 13.0. The third kappa shape index (κ3) is 3.72. The highest BCUT2D eigenvalue weighted by atomic mass is 32.2. The molecule has 1 heterocycles. The van der Waals surface area contributed by atoms with Gasteiger partial charge in [0.1, 0.15) is 0 Å². The number of nitrogens with zero attached hydrogens (tertiary/aromatic N) is 3. The van der Waals surface area contributed by atoms with Gasteiger partial charge in [0.2, 0.25) is 0 Å². The lowest BCUT2D eigenvalue weighted by atomic mass is 10.2. The van der Waals surface area contributed by atoms with Crippen molar-refractivity contribution in [1.29, 1.82) is 0 Å². The van der Waals surface area contributed by atoms with Crippen molar-refractivity contribution < 1.29 is 8.42 Å². The molecule has 0 saturated carbocycles. The van der Waals surface area contributed by atoms with Crippen molar-refractivity contribution in [3.8, 4) is 0 Å². The first-order valence-electron chi connectivity index (χ1n) is 7.62. The summed E-state index contributed by atoms with van der Waals surface area (Å²) in [6.07, 6.45) is 3.02. The monoisotopic (exact) mass is 341 g/mol. The van der Waals surface area contributed by atoms with Gasteiger partial charge in [-0.05, 0) is 11.1 Å². The zero-order valence-electron chi connectivity index (χ0n) is 13.4. The van der Waals surface area contributed by atoms with E-state index >= 15 is 0 Å². The van der Waals surface area contributed by atoms with E-state index in [1.54, 1.807) is 11.6 Å². The Morgan fingerprint density at radius 1 is 0.917 bits per heavy atom.